The van der Waals surface area contributed by atoms with Gasteiger partial charge in [-0.1, -0.05) is 0 Å². The molecule has 1 aliphatic rings. The van der Waals surface area contributed by atoms with Crippen molar-refractivity contribution in [2.75, 3.05) is 6.61 Å². The number of ether oxygens (including phenoxy) is 1. The summed E-state index contributed by atoms with van der Waals surface area (Å²) in [5.41, 5.74) is 0.763. The number of aliphatic hydroxyl groups excluding tert-OH is 1. The van der Waals surface area contributed by atoms with Gasteiger partial charge in [-0.15, -0.1) is 0 Å². The van der Waals surface area contributed by atoms with Gasteiger partial charge < -0.3 is 14.9 Å². The fraction of sp³-hybridized carbons (Fsp3) is 0.333. The van der Waals surface area contributed by atoms with Gasteiger partial charge >= 0.3 is 0 Å². The first kappa shape index (κ1) is 7.43. The number of aromatic hydroxyl groups is 1. The molecule has 0 aromatic heterocycles. The highest BCUT2D eigenvalue weighted by atomic mass is 16.5. The molecule has 3 nitrogen and oxygen atoms in total. The number of phenolic OH excluding ortho intramolecular Hbond substituents is 1. The van der Waals surface area contributed by atoms with Crippen molar-refractivity contribution < 1.29 is 14.9 Å². The lowest BCUT2D eigenvalue weighted by molar-refractivity contribution is 0.115. The number of benzene rings is 1. The van der Waals surface area contributed by atoms with Crippen molar-refractivity contribution in [2.45, 2.75) is 12.5 Å². The lowest BCUT2D eigenvalue weighted by atomic mass is 10.0. The third-order valence-electron chi connectivity index (χ3n) is 2.00. The number of hydrogen-bond donors (Lipinski definition) is 2. The maximum atomic E-state index is 9.49. The van der Waals surface area contributed by atoms with Crippen LogP contribution in [0.4, 0.5) is 0 Å². The molecule has 1 unspecified atom stereocenters. The lowest BCUT2D eigenvalue weighted by Gasteiger charge is -2.21. The molecule has 0 saturated carbocycles. The fourth-order valence-corrected chi connectivity index (χ4v) is 1.36. The Morgan fingerprint density at radius 3 is 3.08 bits per heavy atom. The molecule has 1 heterocycles. The van der Waals surface area contributed by atoms with Crippen LogP contribution in [0.5, 0.6) is 11.5 Å². The van der Waals surface area contributed by atoms with E-state index in [1.165, 1.54) is 6.07 Å². The smallest absolute Gasteiger partial charge is 0.128 e. The van der Waals surface area contributed by atoms with Gasteiger partial charge in [-0.05, 0) is 12.1 Å². The Morgan fingerprint density at radius 1 is 1.42 bits per heavy atom. The summed E-state index contributed by atoms with van der Waals surface area (Å²) in [6.45, 7) is 0.512. The number of aliphatic hydroxyl groups is 1. The van der Waals surface area contributed by atoms with Crippen molar-refractivity contribution in [3.05, 3.63) is 23.8 Å². The second-order valence-corrected chi connectivity index (χ2v) is 2.88. The Kier molecular flexibility index (Phi) is 1.66. The zero-order valence-corrected chi connectivity index (χ0v) is 6.53. The van der Waals surface area contributed by atoms with Gasteiger partial charge in [-0.25, -0.2) is 0 Å². The monoisotopic (exact) mass is 166 g/mol. The molecule has 1 atom stereocenters. The summed E-state index contributed by atoms with van der Waals surface area (Å²) in [6, 6.07) is 4.77. The molecule has 0 amide bonds. The molecule has 2 rings (SSSR count). The van der Waals surface area contributed by atoms with Crippen LogP contribution < -0.4 is 4.74 Å². The zero-order valence-electron chi connectivity index (χ0n) is 6.53. The molecular weight excluding hydrogens is 156 g/mol. The van der Waals surface area contributed by atoms with Gasteiger partial charge in [0, 0.05) is 18.1 Å². The van der Waals surface area contributed by atoms with E-state index in [1.807, 2.05) is 0 Å². The Balaban J connectivity index is 2.46. The van der Waals surface area contributed by atoms with Crippen LogP contribution in [0, 0.1) is 0 Å². The predicted octanol–water partition coefficient (Wildman–Crippen LogP) is 1.21. The highest BCUT2D eigenvalue weighted by Crippen LogP contribution is 2.33. The maximum Gasteiger partial charge on any atom is 0.128 e. The molecule has 0 radical (unpaired) electrons. The molecule has 0 bridgehead atoms. The summed E-state index contributed by atoms with van der Waals surface area (Å²) in [5, 5.41) is 18.6. The number of hydrogen-bond acceptors (Lipinski definition) is 3. The van der Waals surface area contributed by atoms with Crippen molar-refractivity contribution in [3.63, 3.8) is 0 Å². The largest absolute Gasteiger partial charge is 0.508 e. The van der Waals surface area contributed by atoms with E-state index in [9.17, 15) is 5.11 Å². The normalized spacial score (nSPS) is 21.2. The second-order valence-electron chi connectivity index (χ2n) is 2.88. The van der Waals surface area contributed by atoms with Gasteiger partial charge in [0.15, 0.2) is 0 Å². The van der Waals surface area contributed by atoms with Crippen molar-refractivity contribution in [1.29, 1.82) is 0 Å². The third kappa shape index (κ3) is 1.12. The van der Waals surface area contributed by atoms with E-state index < -0.39 is 6.10 Å². The minimum atomic E-state index is -0.450. The third-order valence-corrected chi connectivity index (χ3v) is 2.00. The summed E-state index contributed by atoms with van der Waals surface area (Å²) in [5.74, 6) is 0.761. The molecule has 64 valence electrons. The molecule has 0 aliphatic carbocycles. The van der Waals surface area contributed by atoms with Gasteiger partial charge in [0.05, 0.1) is 12.7 Å². The molecule has 0 saturated heterocycles. The Morgan fingerprint density at radius 2 is 2.25 bits per heavy atom. The Hall–Kier alpha value is -1.22. The van der Waals surface area contributed by atoms with Crippen LogP contribution in [0.25, 0.3) is 0 Å². The van der Waals surface area contributed by atoms with Crippen LogP contribution in [0.1, 0.15) is 18.1 Å². The molecule has 1 aromatic rings. The van der Waals surface area contributed by atoms with Crippen LogP contribution in [-0.2, 0) is 0 Å². The molecule has 1 aliphatic heterocycles. The van der Waals surface area contributed by atoms with Gasteiger partial charge in [0.1, 0.15) is 11.5 Å². The molecule has 0 spiro atoms. The number of rotatable bonds is 0. The minimum Gasteiger partial charge on any atom is -0.508 e. The van der Waals surface area contributed by atoms with E-state index in [4.69, 9.17) is 9.84 Å². The fourth-order valence-electron chi connectivity index (χ4n) is 1.36. The highest BCUT2D eigenvalue weighted by Gasteiger charge is 2.18. The number of phenols is 1. The van der Waals surface area contributed by atoms with E-state index in [2.05, 4.69) is 0 Å². The van der Waals surface area contributed by atoms with Crippen molar-refractivity contribution >= 4 is 0 Å². The predicted molar refractivity (Wildman–Crippen MR) is 43.2 cm³/mol. The van der Waals surface area contributed by atoms with E-state index in [1.54, 1.807) is 12.1 Å². The number of fused-ring (bicyclic) bond motifs is 1. The van der Waals surface area contributed by atoms with E-state index >= 15 is 0 Å². The highest BCUT2D eigenvalue weighted by molar-refractivity contribution is 5.42. The average Bonchev–Trinajstić information content (AvgIpc) is 2.04. The Bertz CT molecular complexity index is 296. The molecule has 3 heteroatoms. The summed E-state index contributed by atoms with van der Waals surface area (Å²) >= 11 is 0. The van der Waals surface area contributed by atoms with Crippen LogP contribution >= 0.6 is 0 Å². The zero-order chi connectivity index (χ0) is 8.55. The first-order chi connectivity index (χ1) is 5.77. The van der Waals surface area contributed by atoms with Crippen LogP contribution in [0.3, 0.4) is 0 Å². The van der Waals surface area contributed by atoms with Crippen LogP contribution in [0.2, 0.25) is 0 Å². The first-order valence-corrected chi connectivity index (χ1v) is 3.91. The molecule has 0 fully saturated rings. The lowest BCUT2D eigenvalue weighted by Crippen LogP contribution is -2.13. The van der Waals surface area contributed by atoms with Gasteiger partial charge in [0.25, 0.3) is 0 Å². The molecule has 2 N–H and O–H groups in total. The average molecular weight is 166 g/mol. The Labute approximate surface area is 70.2 Å². The quantitative estimate of drug-likeness (QED) is 0.609. The standard InChI is InChI=1S/C9H10O3/c10-6-1-2-7-8(11)3-4-12-9(7)5-6/h1-2,5,8,10-11H,3-4H2. The van der Waals surface area contributed by atoms with Gasteiger partial charge in [0.2, 0.25) is 0 Å². The van der Waals surface area contributed by atoms with E-state index in [0.717, 1.165) is 5.56 Å². The van der Waals surface area contributed by atoms with Crippen molar-refractivity contribution in [3.8, 4) is 11.5 Å². The van der Waals surface area contributed by atoms with Crippen LogP contribution in [0.15, 0.2) is 18.2 Å². The van der Waals surface area contributed by atoms with E-state index in [0.29, 0.717) is 18.8 Å². The van der Waals surface area contributed by atoms with Gasteiger partial charge in [-0.3, -0.25) is 0 Å². The van der Waals surface area contributed by atoms with Gasteiger partial charge in [-0.2, -0.15) is 0 Å². The maximum absolute atomic E-state index is 9.49. The minimum absolute atomic E-state index is 0.169. The SMILES string of the molecule is Oc1ccc2c(c1)OCCC2O. The summed E-state index contributed by atoms with van der Waals surface area (Å²) < 4.78 is 5.25. The summed E-state index contributed by atoms with van der Waals surface area (Å²) in [4.78, 5) is 0. The summed E-state index contributed by atoms with van der Waals surface area (Å²) in [6.07, 6.45) is 0.173. The first-order valence-electron chi connectivity index (χ1n) is 3.91. The topological polar surface area (TPSA) is 49.7 Å². The molecule has 1 aromatic carbocycles. The molecule has 12 heavy (non-hydrogen) atoms. The van der Waals surface area contributed by atoms with Crippen molar-refractivity contribution in [2.24, 2.45) is 0 Å². The summed E-state index contributed by atoms with van der Waals surface area (Å²) in [7, 11) is 0. The molecular formula is C9H10O3. The van der Waals surface area contributed by atoms with Crippen molar-refractivity contribution in [1.82, 2.24) is 0 Å². The second kappa shape index (κ2) is 2.68. The van der Waals surface area contributed by atoms with E-state index in [-0.39, 0.29) is 5.75 Å². The van der Waals surface area contributed by atoms with Crippen LogP contribution in [-0.4, -0.2) is 16.8 Å².